The Labute approximate surface area is 67.8 Å². The van der Waals surface area contributed by atoms with Gasteiger partial charge in [-0.15, -0.1) is 10.2 Å². The highest BCUT2D eigenvalue weighted by Gasteiger charge is 2.06. The normalized spacial score (nSPS) is 10.0. The molecular weight excluding hydrogens is 156 g/mol. The second-order valence-corrected chi connectivity index (χ2v) is 2.18. The number of aromatic amines is 1. The zero-order valence-corrected chi connectivity index (χ0v) is 6.10. The van der Waals surface area contributed by atoms with Gasteiger partial charge in [-0.05, 0) is 17.3 Å². The second-order valence-electron chi connectivity index (χ2n) is 2.18. The molecule has 0 bridgehead atoms. The minimum Gasteiger partial charge on any atom is -0.397 e. The van der Waals surface area contributed by atoms with Gasteiger partial charge in [-0.3, -0.25) is 4.98 Å². The third-order valence-corrected chi connectivity index (χ3v) is 1.40. The molecule has 6 nitrogen and oxygen atoms in total. The Morgan fingerprint density at radius 1 is 1.42 bits per heavy atom. The van der Waals surface area contributed by atoms with Crippen LogP contribution in [0.1, 0.15) is 0 Å². The number of anilines is 1. The van der Waals surface area contributed by atoms with Gasteiger partial charge in [-0.25, -0.2) is 0 Å². The Balaban J connectivity index is 2.55. The molecule has 0 radical (unpaired) electrons. The van der Waals surface area contributed by atoms with Crippen LogP contribution in [-0.2, 0) is 0 Å². The minimum atomic E-state index is 0.410. The van der Waals surface area contributed by atoms with Crippen molar-refractivity contribution in [3.8, 4) is 11.5 Å². The number of tetrazole rings is 1. The maximum Gasteiger partial charge on any atom is 0.225 e. The van der Waals surface area contributed by atoms with Crippen molar-refractivity contribution in [3.05, 3.63) is 18.3 Å². The maximum atomic E-state index is 5.63. The first-order valence-electron chi connectivity index (χ1n) is 3.32. The van der Waals surface area contributed by atoms with Gasteiger partial charge < -0.3 is 5.73 Å². The molecule has 0 atom stereocenters. The van der Waals surface area contributed by atoms with E-state index in [1.54, 1.807) is 18.3 Å². The first-order chi connectivity index (χ1) is 5.88. The molecule has 2 aromatic rings. The van der Waals surface area contributed by atoms with E-state index in [9.17, 15) is 0 Å². The van der Waals surface area contributed by atoms with Gasteiger partial charge in [-0.2, -0.15) is 5.21 Å². The van der Waals surface area contributed by atoms with Gasteiger partial charge in [0.25, 0.3) is 0 Å². The van der Waals surface area contributed by atoms with Crippen LogP contribution in [0.4, 0.5) is 5.69 Å². The van der Waals surface area contributed by atoms with E-state index in [0.29, 0.717) is 17.2 Å². The summed E-state index contributed by atoms with van der Waals surface area (Å²) >= 11 is 0. The van der Waals surface area contributed by atoms with Crippen LogP contribution in [0.5, 0.6) is 0 Å². The van der Waals surface area contributed by atoms with E-state index < -0.39 is 0 Å². The van der Waals surface area contributed by atoms with E-state index >= 15 is 0 Å². The van der Waals surface area contributed by atoms with Gasteiger partial charge >= 0.3 is 0 Å². The van der Waals surface area contributed by atoms with Crippen LogP contribution in [0.25, 0.3) is 11.5 Å². The fourth-order valence-corrected chi connectivity index (χ4v) is 0.867. The Morgan fingerprint density at radius 3 is 3.00 bits per heavy atom. The average molecular weight is 162 g/mol. The van der Waals surface area contributed by atoms with E-state index in [4.69, 9.17) is 5.73 Å². The van der Waals surface area contributed by atoms with Crippen LogP contribution in [0.2, 0.25) is 0 Å². The molecule has 60 valence electrons. The van der Waals surface area contributed by atoms with Gasteiger partial charge in [-0.1, -0.05) is 0 Å². The lowest BCUT2D eigenvalue weighted by molar-refractivity contribution is 0.881. The average Bonchev–Trinajstić information content (AvgIpc) is 2.57. The summed E-state index contributed by atoms with van der Waals surface area (Å²) in [6.45, 7) is 0. The summed E-state index contributed by atoms with van der Waals surface area (Å²) in [5.41, 5.74) is 6.72. The monoisotopic (exact) mass is 162 g/mol. The van der Waals surface area contributed by atoms with E-state index in [1.165, 1.54) is 0 Å². The maximum absolute atomic E-state index is 5.63. The molecule has 0 fully saturated rings. The summed E-state index contributed by atoms with van der Waals surface area (Å²) in [7, 11) is 0. The number of H-pyrrole nitrogens is 1. The predicted octanol–water partition coefficient (Wildman–Crippen LogP) is -0.156. The molecule has 2 heterocycles. The van der Waals surface area contributed by atoms with Gasteiger partial charge in [0.15, 0.2) is 0 Å². The Kier molecular flexibility index (Phi) is 1.44. The Bertz CT molecular complexity index is 367. The molecule has 0 aromatic carbocycles. The zero-order valence-electron chi connectivity index (χ0n) is 6.10. The summed E-state index contributed by atoms with van der Waals surface area (Å²) < 4.78 is 0. The second kappa shape index (κ2) is 2.57. The van der Waals surface area contributed by atoms with Crippen LogP contribution in [0, 0.1) is 0 Å². The molecule has 12 heavy (non-hydrogen) atoms. The Hall–Kier alpha value is -1.98. The van der Waals surface area contributed by atoms with E-state index in [1.807, 2.05) is 0 Å². The zero-order chi connectivity index (χ0) is 8.39. The molecule has 0 aliphatic rings. The molecular formula is C6H6N6. The number of nitrogens with two attached hydrogens (primary N) is 1. The van der Waals surface area contributed by atoms with Gasteiger partial charge in [0.1, 0.15) is 5.69 Å². The number of aromatic nitrogens is 5. The Morgan fingerprint density at radius 2 is 2.33 bits per heavy atom. The highest BCUT2D eigenvalue weighted by atomic mass is 15.5. The number of hydrogen-bond acceptors (Lipinski definition) is 5. The molecule has 0 spiro atoms. The summed E-state index contributed by atoms with van der Waals surface area (Å²) in [5, 5.41) is 13.3. The number of nitrogens with zero attached hydrogens (tertiary/aromatic N) is 4. The topological polar surface area (TPSA) is 93.4 Å². The largest absolute Gasteiger partial charge is 0.397 e. The van der Waals surface area contributed by atoms with Gasteiger partial charge in [0.2, 0.25) is 5.82 Å². The summed E-state index contributed by atoms with van der Waals surface area (Å²) in [6.07, 6.45) is 1.63. The van der Waals surface area contributed by atoms with Gasteiger partial charge in [0.05, 0.1) is 5.69 Å². The molecule has 0 amide bonds. The lowest BCUT2D eigenvalue weighted by Crippen LogP contribution is -1.93. The molecule has 3 N–H and O–H groups in total. The van der Waals surface area contributed by atoms with E-state index in [0.717, 1.165) is 0 Å². The summed E-state index contributed by atoms with van der Waals surface area (Å²) in [6, 6.07) is 3.48. The quantitative estimate of drug-likeness (QED) is 0.607. The fourth-order valence-electron chi connectivity index (χ4n) is 0.867. The number of hydrogen-bond donors (Lipinski definition) is 2. The van der Waals surface area contributed by atoms with Crippen molar-refractivity contribution in [1.82, 2.24) is 25.6 Å². The smallest absolute Gasteiger partial charge is 0.225 e. The molecule has 2 rings (SSSR count). The van der Waals surface area contributed by atoms with Crippen molar-refractivity contribution >= 4 is 5.69 Å². The van der Waals surface area contributed by atoms with Crippen molar-refractivity contribution < 1.29 is 0 Å². The van der Waals surface area contributed by atoms with Crippen molar-refractivity contribution in [2.24, 2.45) is 0 Å². The van der Waals surface area contributed by atoms with E-state index in [-0.39, 0.29) is 0 Å². The number of nitrogen functional groups attached to an aromatic ring is 1. The van der Waals surface area contributed by atoms with Crippen molar-refractivity contribution in [1.29, 1.82) is 0 Å². The van der Waals surface area contributed by atoms with Crippen LogP contribution < -0.4 is 5.73 Å². The SMILES string of the molecule is Nc1cccnc1-c1nn[nH]n1. The highest BCUT2D eigenvalue weighted by Crippen LogP contribution is 2.16. The summed E-state index contributed by atoms with van der Waals surface area (Å²) in [4.78, 5) is 4.01. The molecule has 0 saturated carbocycles. The first kappa shape index (κ1) is 6.71. The molecule has 2 aromatic heterocycles. The summed E-state index contributed by atoms with van der Waals surface area (Å²) in [5.74, 6) is 0.410. The van der Waals surface area contributed by atoms with E-state index in [2.05, 4.69) is 25.6 Å². The highest BCUT2D eigenvalue weighted by molar-refractivity contribution is 5.65. The lowest BCUT2D eigenvalue weighted by atomic mass is 10.3. The fraction of sp³-hybridized carbons (Fsp3) is 0. The number of rotatable bonds is 1. The van der Waals surface area contributed by atoms with Crippen LogP contribution in [-0.4, -0.2) is 25.6 Å². The number of pyridine rings is 1. The van der Waals surface area contributed by atoms with Crippen LogP contribution in [0.15, 0.2) is 18.3 Å². The predicted molar refractivity (Wildman–Crippen MR) is 41.8 cm³/mol. The van der Waals surface area contributed by atoms with Crippen LogP contribution >= 0.6 is 0 Å². The molecule has 0 aliphatic carbocycles. The lowest BCUT2D eigenvalue weighted by Gasteiger charge is -1.96. The number of nitrogens with one attached hydrogen (secondary N) is 1. The molecule has 6 heteroatoms. The van der Waals surface area contributed by atoms with Crippen molar-refractivity contribution in [3.63, 3.8) is 0 Å². The third kappa shape index (κ3) is 0.986. The minimum absolute atomic E-state index is 0.410. The first-order valence-corrected chi connectivity index (χ1v) is 3.32. The van der Waals surface area contributed by atoms with Gasteiger partial charge in [0, 0.05) is 6.20 Å². The third-order valence-electron chi connectivity index (χ3n) is 1.40. The molecule has 0 aliphatic heterocycles. The molecule has 0 unspecified atom stereocenters. The van der Waals surface area contributed by atoms with Crippen LogP contribution in [0.3, 0.4) is 0 Å². The molecule has 0 saturated heterocycles. The standard InChI is InChI=1S/C6H6N6/c7-4-2-1-3-8-5(4)6-9-11-12-10-6/h1-3H,7H2,(H,9,10,11,12). The van der Waals surface area contributed by atoms with Crippen molar-refractivity contribution in [2.45, 2.75) is 0 Å². The van der Waals surface area contributed by atoms with Crippen molar-refractivity contribution in [2.75, 3.05) is 5.73 Å².